The minimum absolute atomic E-state index is 0.0469. The van der Waals surface area contributed by atoms with Gasteiger partial charge in [-0.1, -0.05) is 6.07 Å². The van der Waals surface area contributed by atoms with Crippen LogP contribution in [0.15, 0.2) is 24.4 Å². The van der Waals surface area contributed by atoms with Crippen molar-refractivity contribution in [3.8, 4) is 0 Å². The zero-order valence-corrected chi connectivity index (χ0v) is 6.03. The zero-order chi connectivity index (χ0) is 7.68. The summed E-state index contributed by atoms with van der Waals surface area (Å²) in [6.07, 6.45) is 1.64. The van der Waals surface area contributed by atoms with E-state index in [1.165, 1.54) is 0 Å². The molecule has 56 valence electrons. The monoisotopic (exact) mass is 148 g/mol. The molecule has 0 atom stereocenters. The van der Waals surface area contributed by atoms with Crippen LogP contribution >= 0.6 is 0 Å². The van der Waals surface area contributed by atoms with Crippen molar-refractivity contribution < 1.29 is 4.79 Å². The SMILES string of the molecule is O=C(c1ccccn1)N1CC1. The molecule has 1 amide bonds. The zero-order valence-electron chi connectivity index (χ0n) is 6.03. The lowest BCUT2D eigenvalue weighted by Crippen LogP contribution is -2.11. The van der Waals surface area contributed by atoms with E-state index in [-0.39, 0.29) is 5.91 Å². The van der Waals surface area contributed by atoms with Gasteiger partial charge in [-0.3, -0.25) is 9.78 Å². The van der Waals surface area contributed by atoms with Crippen molar-refractivity contribution in [2.75, 3.05) is 13.1 Å². The van der Waals surface area contributed by atoms with E-state index >= 15 is 0 Å². The average molecular weight is 148 g/mol. The van der Waals surface area contributed by atoms with Gasteiger partial charge in [-0.05, 0) is 12.1 Å². The van der Waals surface area contributed by atoms with Gasteiger partial charge in [-0.2, -0.15) is 0 Å². The maximum absolute atomic E-state index is 11.3. The first-order valence-electron chi connectivity index (χ1n) is 3.58. The Labute approximate surface area is 64.7 Å². The first-order chi connectivity index (χ1) is 5.38. The molecule has 3 heteroatoms. The summed E-state index contributed by atoms with van der Waals surface area (Å²) in [5.74, 6) is 0.0469. The first-order valence-corrected chi connectivity index (χ1v) is 3.58. The molecule has 0 aromatic carbocycles. The van der Waals surface area contributed by atoms with Gasteiger partial charge in [-0.25, -0.2) is 0 Å². The number of carbonyl (C=O) groups excluding carboxylic acids is 1. The van der Waals surface area contributed by atoms with Crippen molar-refractivity contribution in [1.82, 2.24) is 9.88 Å². The Bertz CT molecular complexity index is 267. The molecule has 1 aliphatic rings. The molecule has 0 aliphatic carbocycles. The molecule has 2 heterocycles. The van der Waals surface area contributed by atoms with Crippen molar-refractivity contribution in [3.63, 3.8) is 0 Å². The molecular formula is C8H8N2O. The number of hydrogen-bond donors (Lipinski definition) is 0. The molecular weight excluding hydrogens is 140 g/mol. The van der Waals surface area contributed by atoms with Gasteiger partial charge in [0.1, 0.15) is 5.69 Å². The lowest BCUT2D eigenvalue weighted by Gasteiger charge is -1.97. The van der Waals surface area contributed by atoms with E-state index in [1.807, 2.05) is 6.07 Å². The summed E-state index contributed by atoms with van der Waals surface area (Å²) in [5, 5.41) is 0. The van der Waals surface area contributed by atoms with Crippen LogP contribution in [-0.4, -0.2) is 28.9 Å². The van der Waals surface area contributed by atoms with Gasteiger partial charge in [0.15, 0.2) is 0 Å². The molecule has 1 aliphatic heterocycles. The Morgan fingerprint density at radius 3 is 2.82 bits per heavy atom. The third kappa shape index (κ3) is 1.22. The van der Waals surface area contributed by atoms with E-state index in [1.54, 1.807) is 23.2 Å². The second-order valence-corrected chi connectivity index (χ2v) is 2.51. The fourth-order valence-corrected chi connectivity index (χ4v) is 0.904. The highest BCUT2D eigenvalue weighted by atomic mass is 16.2. The van der Waals surface area contributed by atoms with Crippen LogP contribution in [0.5, 0.6) is 0 Å². The maximum Gasteiger partial charge on any atom is 0.272 e. The maximum atomic E-state index is 11.3. The standard InChI is InChI=1S/C8H8N2O/c11-8(10-5-6-10)7-3-1-2-4-9-7/h1-4H,5-6H2. The van der Waals surface area contributed by atoms with Crippen LogP contribution in [0.1, 0.15) is 10.5 Å². The predicted octanol–water partition coefficient (Wildman–Crippen LogP) is 0.537. The molecule has 2 rings (SSSR count). The number of hydrogen-bond acceptors (Lipinski definition) is 2. The number of carbonyl (C=O) groups is 1. The number of nitrogens with zero attached hydrogens (tertiary/aromatic N) is 2. The fourth-order valence-electron chi connectivity index (χ4n) is 0.904. The van der Waals surface area contributed by atoms with E-state index in [2.05, 4.69) is 4.98 Å². The Morgan fingerprint density at radius 1 is 1.45 bits per heavy atom. The normalized spacial score (nSPS) is 14.7. The van der Waals surface area contributed by atoms with Gasteiger partial charge in [0.05, 0.1) is 0 Å². The molecule has 0 spiro atoms. The smallest absolute Gasteiger partial charge is 0.272 e. The molecule has 0 radical (unpaired) electrons. The first kappa shape index (κ1) is 6.34. The molecule has 0 bridgehead atoms. The third-order valence-corrected chi connectivity index (χ3v) is 1.62. The van der Waals surface area contributed by atoms with E-state index < -0.39 is 0 Å². The van der Waals surface area contributed by atoms with Crippen molar-refractivity contribution in [2.45, 2.75) is 0 Å². The number of rotatable bonds is 1. The molecule has 1 saturated heterocycles. The average Bonchev–Trinajstić information content (AvgIpc) is 2.87. The molecule has 1 aromatic rings. The summed E-state index contributed by atoms with van der Waals surface area (Å²) in [4.78, 5) is 17.0. The Kier molecular flexibility index (Phi) is 1.35. The van der Waals surface area contributed by atoms with Crippen LogP contribution in [-0.2, 0) is 0 Å². The predicted molar refractivity (Wildman–Crippen MR) is 40.1 cm³/mol. The summed E-state index contributed by atoms with van der Waals surface area (Å²) in [5.41, 5.74) is 0.546. The van der Waals surface area contributed by atoms with E-state index in [4.69, 9.17) is 0 Å². The van der Waals surface area contributed by atoms with Gasteiger partial charge in [-0.15, -0.1) is 0 Å². The Hall–Kier alpha value is -1.38. The van der Waals surface area contributed by atoms with Crippen LogP contribution < -0.4 is 0 Å². The second-order valence-electron chi connectivity index (χ2n) is 2.51. The lowest BCUT2D eigenvalue weighted by atomic mass is 10.3. The molecule has 11 heavy (non-hydrogen) atoms. The highest BCUT2D eigenvalue weighted by Crippen LogP contribution is 2.08. The summed E-state index contributed by atoms with van der Waals surface area (Å²) < 4.78 is 0. The topological polar surface area (TPSA) is 33.0 Å². The molecule has 1 fully saturated rings. The van der Waals surface area contributed by atoms with Crippen LogP contribution in [0.25, 0.3) is 0 Å². The van der Waals surface area contributed by atoms with E-state index in [0.717, 1.165) is 13.1 Å². The Balaban J connectivity index is 2.22. The van der Waals surface area contributed by atoms with Gasteiger partial charge in [0, 0.05) is 19.3 Å². The number of amides is 1. The van der Waals surface area contributed by atoms with Crippen molar-refractivity contribution in [2.24, 2.45) is 0 Å². The van der Waals surface area contributed by atoms with Crippen LogP contribution in [0, 0.1) is 0 Å². The highest BCUT2D eigenvalue weighted by Gasteiger charge is 2.25. The molecule has 3 nitrogen and oxygen atoms in total. The Morgan fingerprint density at radius 2 is 2.27 bits per heavy atom. The van der Waals surface area contributed by atoms with Gasteiger partial charge in [0.2, 0.25) is 0 Å². The quantitative estimate of drug-likeness (QED) is 0.544. The molecule has 1 aromatic heterocycles. The van der Waals surface area contributed by atoms with Crippen LogP contribution in [0.4, 0.5) is 0 Å². The second kappa shape index (κ2) is 2.34. The molecule has 0 saturated carbocycles. The fraction of sp³-hybridized carbons (Fsp3) is 0.250. The summed E-state index contributed by atoms with van der Waals surface area (Å²) in [7, 11) is 0. The largest absolute Gasteiger partial charge is 0.334 e. The summed E-state index contributed by atoms with van der Waals surface area (Å²) >= 11 is 0. The van der Waals surface area contributed by atoms with Crippen molar-refractivity contribution in [1.29, 1.82) is 0 Å². The van der Waals surface area contributed by atoms with E-state index in [9.17, 15) is 4.79 Å². The summed E-state index contributed by atoms with van der Waals surface area (Å²) in [6, 6.07) is 5.36. The van der Waals surface area contributed by atoms with Crippen molar-refractivity contribution in [3.05, 3.63) is 30.1 Å². The number of pyridine rings is 1. The van der Waals surface area contributed by atoms with Gasteiger partial charge >= 0.3 is 0 Å². The van der Waals surface area contributed by atoms with E-state index in [0.29, 0.717) is 5.69 Å². The minimum atomic E-state index is 0.0469. The minimum Gasteiger partial charge on any atom is -0.334 e. The van der Waals surface area contributed by atoms with Gasteiger partial charge < -0.3 is 4.90 Å². The molecule has 0 unspecified atom stereocenters. The third-order valence-electron chi connectivity index (χ3n) is 1.62. The van der Waals surface area contributed by atoms with Crippen LogP contribution in [0.2, 0.25) is 0 Å². The summed E-state index contributed by atoms with van der Waals surface area (Å²) in [6.45, 7) is 1.77. The highest BCUT2D eigenvalue weighted by molar-refractivity contribution is 5.93. The van der Waals surface area contributed by atoms with Crippen LogP contribution in [0.3, 0.4) is 0 Å². The molecule has 0 N–H and O–H groups in total. The number of aromatic nitrogens is 1. The van der Waals surface area contributed by atoms with Crippen molar-refractivity contribution >= 4 is 5.91 Å². The van der Waals surface area contributed by atoms with Gasteiger partial charge in [0.25, 0.3) is 5.91 Å². The lowest BCUT2D eigenvalue weighted by molar-refractivity contribution is 0.0880.